The van der Waals surface area contributed by atoms with Crippen LogP contribution in [0.5, 0.6) is 0 Å². The van der Waals surface area contributed by atoms with Crippen LogP contribution >= 0.6 is 0 Å². The van der Waals surface area contributed by atoms with Crippen molar-refractivity contribution in [1.29, 1.82) is 0 Å². The van der Waals surface area contributed by atoms with Gasteiger partial charge in [-0.1, -0.05) is 0 Å². The molecule has 1 unspecified atom stereocenters. The van der Waals surface area contributed by atoms with Crippen molar-refractivity contribution < 1.29 is 24.8 Å². The van der Waals surface area contributed by atoms with Gasteiger partial charge in [-0.2, -0.15) is 0 Å². The Hall–Kier alpha value is -1.39. The SMILES string of the molecule is C=[NH+]C(CC(=O)O)C(=O)O. The highest BCUT2D eigenvalue weighted by atomic mass is 16.4. The van der Waals surface area contributed by atoms with Gasteiger partial charge in [-0.05, 0) is 0 Å². The van der Waals surface area contributed by atoms with Crippen molar-refractivity contribution in [3.8, 4) is 0 Å². The first-order valence-corrected chi connectivity index (χ1v) is 2.55. The van der Waals surface area contributed by atoms with E-state index in [2.05, 4.69) is 11.7 Å². The topological polar surface area (TPSA) is 88.6 Å². The zero-order valence-electron chi connectivity index (χ0n) is 5.20. The van der Waals surface area contributed by atoms with Crippen molar-refractivity contribution in [2.24, 2.45) is 0 Å². The number of rotatable bonds is 4. The highest BCUT2D eigenvalue weighted by Crippen LogP contribution is 1.84. The van der Waals surface area contributed by atoms with Crippen LogP contribution in [0.3, 0.4) is 0 Å². The summed E-state index contributed by atoms with van der Waals surface area (Å²) >= 11 is 0. The first-order chi connectivity index (χ1) is 4.57. The molecule has 0 saturated carbocycles. The quantitative estimate of drug-likeness (QED) is 0.389. The molecule has 5 heteroatoms. The third kappa shape index (κ3) is 2.81. The van der Waals surface area contributed by atoms with E-state index in [4.69, 9.17) is 10.2 Å². The number of carboxylic acid groups (broad SMARTS) is 2. The van der Waals surface area contributed by atoms with Gasteiger partial charge in [0.1, 0.15) is 13.1 Å². The van der Waals surface area contributed by atoms with Crippen LogP contribution in [0.4, 0.5) is 0 Å². The lowest BCUT2D eigenvalue weighted by Crippen LogP contribution is -2.77. The van der Waals surface area contributed by atoms with Crippen LogP contribution < -0.4 is 4.99 Å². The fourth-order valence-electron chi connectivity index (χ4n) is 0.421. The fraction of sp³-hybridized carbons (Fsp3) is 0.400. The van der Waals surface area contributed by atoms with E-state index in [0.29, 0.717) is 0 Å². The zero-order chi connectivity index (χ0) is 8.15. The monoisotopic (exact) mass is 146 g/mol. The molecule has 5 nitrogen and oxygen atoms in total. The second kappa shape index (κ2) is 3.60. The molecule has 1 atom stereocenters. The van der Waals surface area contributed by atoms with Crippen molar-refractivity contribution in [2.45, 2.75) is 12.5 Å². The lowest BCUT2D eigenvalue weighted by Gasteiger charge is -1.95. The Kier molecular flexibility index (Phi) is 3.10. The summed E-state index contributed by atoms with van der Waals surface area (Å²) in [4.78, 5) is 22.1. The maximum atomic E-state index is 10.1. The summed E-state index contributed by atoms with van der Waals surface area (Å²) in [5.74, 6) is -2.37. The number of hydrogen-bond donors (Lipinski definition) is 3. The lowest BCUT2D eigenvalue weighted by atomic mass is 10.2. The van der Waals surface area contributed by atoms with Gasteiger partial charge in [-0.3, -0.25) is 4.79 Å². The molecule has 0 spiro atoms. The van der Waals surface area contributed by atoms with Gasteiger partial charge < -0.3 is 10.2 Å². The van der Waals surface area contributed by atoms with E-state index in [1.165, 1.54) is 0 Å². The normalized spacial score (nSPS) is 12.0. The minimum atomic E-state index is -1.21. The van der Waals surface area contributed by atoms with Gasteiger partial charge >= 0.3 is 11.9 Å². The van der Waals surface area contributed by atoms with Crippen molar-refractivity contribution in [2.75, 3.05) is 0 Å². The smallest absolute Gasteiger partial charge is 0.373 e. The summed E-state index contributed by atoms with van der Waals surface area (Å²) in [6.45, 7) is 3.07. The maximum absolute atomic E-state index is 10.1. The first kappa shape index (κ1) is 8.61. The molecule has 0 aromatic heterocycles. The third-order valence-corrected chi connectivity index (χ3v) is 0.923. The van der Waals surface area contributed by atoms with Crippen molar-refractivity contribution in [3.05, 3.63) is 0 Å². The zero-order valence-corrected chi connectivity index (χ0v) is 5.20. The average Bonchev–Trinajstić information content (AvgIpc) is 1.81. The Morgan fingerprint density at radius 2 is 2.00 bits per heavy atom. The maximum Gasteiger partial charge on any atom is 0.373 e. The van der Waals surface area contributed by atoms with Gasteiger partial charge in [0.25, 0.3) is 6.04 Å². The first-order valence-electron chi connectivity index (χ1n) is 2.55. The molecule has 0 amide bonds. The van der Waals surface area contributed by atoms with Gasteiger partial charge in [-0.15, -0.1) is 0 Å². The summed E-state index contributed by atoms with van der Waals surface area (Å²) < 4.78 is 0. The Balaban J connectivity index is 3.96. The molecule has 10 heavy (non-hydrogen) atoms. The molecule has 0 saturated heterocycles. The summed E-state index contributed by atoms with van der Waals surface area (Å²) in [6, 6.07) is -1.10. The minimum absolute atomic E-state index is 0.459. The number of nitrogens with one attached hydrogen (secondary N) is 1. The van der Waals surface area contributed by atoms with Gasteiger partial charge in [0, 0.05) is 0 Å². The predicted octanol–water partition coefficient (Wildman–Crippen LogP) is -2.30. The van der Waals surface area contributed by atoms with Crippen LogP contribution in [0.25, 0.3) is 0 Å². The van der Waals surface area contributed by atoms with Crippen molar-refractivity contribution >= 4 is 18.7 Å². The second-order valence-corrected chi connectivity index (χ2v) is 1.69. The van der Waals surface area contributed by atoms with E-state index in [-0.39, 0.29) is 0 Å². The molecule has 56 valence electrons. The van der Waals surface area contributed by atoms with Crippen molar-refractivity contribution in [3.63, 3.8) is 0 Å². The second-order valence-electron chi connectivity index (χ2n) is 1.69. The Labute approximate surface area is 57.0 Å². The number of aliphatic carboxylic acids is 2. The van der Waals surface area contributed by atoms with Gasteiger partial charge in [0.15, 0.2) is 0 Å². The van der Waals surface area contributed by atoms with E-state index in [9.17, 15) is 9.59 Å². The number of hydrogen-bond acceptors (Lipinski definition) is 2. The predicted molar refractivity (Wildman–Crippen MR) is 31.8 cm³/mol. The standard InChI is InChI=1S/C5H7NO4/c1-6-3(5(9)10)2-4(7)8/h3H,1-2H2,(H,7,8)(H,9,10)/p+1. The molecule has 0 heterocycles. The number of carbonyl (C=O) groups is 2. The molecule has 0 bridgehead atoms. The third-order valence-electron chi connectivity index (χ3n) is 0.923. The molecule has 0 radical (unpaired) electrons. The minimum Gasteiger partial charge on any atom is -0.481 e. The van der Waals surface area contributed by atoms with Gasteiger partial charge in [0.2, 0.25) is 0 Å². The van der Waals surface area contributed by atoms with Gasteiger partial charge in [0.05, 0.1) is 0 Å². The molecule has 0 aliphatic heterocycles. The van der Waals surface area contributed by atoms with Crippen molar-refractivity contribution in [1.82, 2.24) is 0 Å². The van der Waals surface area contributed by atoms with Crippen LogP contribution in [0, 0.1) is 0 Å². The van der Waals surface area contributed by atoms with Crippen LogP contribution in [-0.4, -0.2) is 34.9 Å². The van der Waals surface area contributed by atoms with E-state index < -0.39 is 24.4 Å². The molecule has 0 aliphatic rings. The van der Waals surface area contributed by atoms with Crippen LogP contribution in [-0.2, 0) is 9.59 Å². The van der Waals surface area contributed by atoms with Crippen LogP contribution in [0.15, 0.2) is 0 Å². The van der Waals surface area contributed by atoms with E-state index in [1.807, 2.05) is 0 Å². The average molecular weight is 146 g/mol. The van der Waals surface area contributed by atoms with Gasteiger partial charge in [-0.25, -0.2) is 9.79 Å². The Morgan fingerprint density at radius 1 is 1.50 bits per heavy atom. The molecule has 0 aliphatic carbocycles. The Morgan fingerprint density at radius 3 is 2.10 bits per heavy atom. The largest absolute Gasteiger partial charge is 0.481 e. The molecule has 0 rings (SSSR count). The van der Waals surface area contributed by atoms with Crippen LogP contribution in [0.2, 0.25) is 0 Å². The van der Waals surface area contributed by atoms with Crippen LogP contribution in [0.1, 0.15) is 6.42 Å². The lowest BCUT2D eigenvalue weighted by molar-refractivity contribution is -0.480. The highest BCUT2D eigenvalue weighted by molar-refractivity contribution is 5.79. The molecule has 0 aromatic rings. The van der Waals surface area contributed by atoms with E-state index >= 15 is 0 Å². The molecular formula is C5H8NO4+. The summed E-state index contributed by atoms with van der Waals surface area (Å²) in [5.41, 5.74) is 0. The highest BCUT2D eigenvalue weighted by Gasteiger charge is 2.23. The number of carboxylic acids is 2. The molecular weight excluding hydrogens is 138 g/mol. The molecule has 0 aromatic carbocycles. The van der Waals surface area contributed by atoms with E-state index in [0.717, 1.165) is 0 Å². The molecule has 3 N–H and O–H groups in total. The van der Waals surface area contributed by atoms with E-state index in [1.54, 1.807) is 0 Å². The molecule has 0 fully saturated rings. The summed E-state index contributed by atoms with van der Waals surface area (Å²) in [7, 11) is 0. The summed E-state index contributed by atoms with van der Waals surface area (Å²) in [5, 5.41) is 16.4. The fourth-order valence-corrected chi connectivity index (χ4v) is 0.421. The summed E-state index contributed by atoms with van der Waals surface area (Å²) in [6.07, 6.45) is -0.459. The Bertz CT molecular complexity index is 165.